The van der Waals surface area contributed by atoms with Gasteiger partial charge in [0.25, 0.3) is 0 Å². The van der Waals surface area contributed by atoms with Crippen LogP contribution in [0.15, 0.2) is 0 Å². The zero-order valence-electron chi connectivity index (χ0n) is 11.4. The van der Waals surface area contributed by atoms with Crippen molar-refractivity contribution in [3.63, 3.8) is 0 Å². The van der Waals surface area contributed by atoms with Crippen molar-refractivity contribution in [1.82, 2.24) is 10.2 Å². The van der Waals surface area contributed by atoms with Crippen molar-refractivity contribution in [3.05, 3.63) is 0 Å². The molecule has 4 nitrogen and oxygen atoms in total. The topological polar surface area (TPSA) is 49.4 Å². The van der Waals surface area contributed by atoms with Crippen molar-refractivity contribution in [2.75, 3.05) is 0 Å². The highest BCUT2D eigenvalue weighted by Gasteiger charge is 2.35. The Hall–Kier alpha value is -1.06. The fourth-order valence-electron chi connectivity index (χ4n) is 3.25. The maximum atomic E-state index is 12.4. The molecule has 0 radical (unpaired) electrons. The van der Waals surface area contributed by atoms with Gasteiger partial charge >= 0.3 is 0 Å². The van der Waals surface area contributed by atoms with Gasteiger partial charge < -0.3 is 10.2 Å². The van der Waals surface area contributed by atoms with Crippen LogP contribution in [0.4, 0.5) is 0 Å². The number of hydrogen-bond donors (Lipinski definition) is 1. The summed E-state index contributed by atoms with van der Waals surface area (Å²) in [7, 11) is 0. The van der Waals surface area contributed by atoms with E-state index in [1.54, 1.807) is 6.92 Å². The molecule has 0 aromatic heterocycles. The molecule has 0 aromatic rings. The molecular weight excluding hydrogens is 228 g/mol. The van der Waals surface area contributed by atoms with E-state index in [1.807, 2.05) is 11.8 Å². The summed E-state index contributed by atoms with van der Waals surface area (Å²) in [5.41, 5.74) is 0. The first kappa shape index (κ1) is 13.4. The van der Waals surface area contributed by atoms with Crippen LogP contribution in [0.1, 0.15) is 58.8 Å². The van der Waals surface area contributed by atoms with E-state index in [-0.39, 0.29) is 23.9 Å². The molecular formula is C14H24N2O2. The van der Waals surface area contributed by atoms with Gasteiger partial charge in [0.15, 0.2) is 0 Å². The van der Waals surface area contributed by atoms with E-state index in [9.17, 15) is 9.59 Å². The van der Waals surface area contributed by atoms with Crippen molar-refractivity contribution in [1.29, 1.82) is 0 Å². The standard InChI is InChI=1S/C14H24N2O2/c1-10-9-13(17)15-11(2)14(18)16(10)12-7-5-3-4-6-8-12/h10-12H,3-9H2,1-2H3,(H,15,17). The van der Waals surface area contributed by atoms with Crippen molar-refractivity contribution in [2.45, 2.75) is 76.9 Å². The summed E-state index contributed by atoms with van der Waals surface area (Å²) in [5, 5.41) is 2.78. The first-order valence-electron chi connectivity index (χ1n) is 7.21. The second-order valence-corrected chi connectivity index (χ2v) is 5.73. The van der Waals surface area contributed by atoms with Gasteiger partial charge in [-0.05, 0) is 26.7 Å². The Morgan fingerprint density at radius 3 is 2.28 bits per heavy atom. The summed E-state index contributed by atoms with van der Waals surface area (Å²) in [6, 6.07) is 0.00130. The lowest BCUT2D eigenvalue weighted by atomic mass is 10.0. The van der Waals surface area contributed by atoms with Crippen LogP contribution in [0.5, 0.6) is 0 Å². The molecule has 1 aliphatic heterocycles. The van der Waals surface area contributed by atoms with Gasteiger partial charge in [0.1, 0.15) is 6.04 Å². The Kier molecular flexibility index (Phi) is 4.25. The fraction of sp³-hybridized carbons (Fsp3) is 0.857. The molecule has 1 heterocycles. The maximum Gasteiger partial charge on any atom is 0.245 e. The lowest BCUT2D eigenvalue weighted by Gasteiger charge is -2.35. The van der Waals surface area contributed by atoms with Crippen LogP contribution in [0.25, 0.3) is 0 Å². The summed E-state index contributed by atoms with van der Waals surface area (Å²) in [4.78, 5) is 26.1. The highest BCUT2D eigenvalue weighted by molar-refractivity contribution is 5.90. The molecule has 1 saturated heterocycles. The second kappa shape index (κ2) is 5.72. The van der Waals surface area contributed by atoms with E-state index in [0.717, 1.165) is 12.8 Å². The molecule has 1 aliphatic carbocycles. The van der Waals surface area contributed by atoms with Gasteiger partial charge in [-0.1, -0.05) is 25.7 Å². The molecule has 0 aromatic carbocycles. The van der Waals surface area contributed by atoms with Gasteiger partial charge in [-0.3, -0.25) is 9.59 Å². The lowest BCUT2D eigenvalue weighted by molar-refractivity contribution is -0.137. The first-order chi connectivity index (χ1) is 8.59. The van der Waals surface area contributed by atoms with Gasteiger partial charge in [-0.2, -0.15) is 0 Å². The van der Waals surface area contributed by atoms with Crippen LogP contribution in [-0.4, -0.2) is 34.8 Å². The summed E-state index contributed by atoms with van der Waals surface area (Å²) in [5.74, 6) is 0.0970. The van der Waals surface area contributed by atoms with Crippen molar-refractivity contribution in [2.24, 2.45) is 0 Å². The molecule has 2 atom stereocenters. The van der Waals surface area contributed by atoms with Gasteiger partial charge in [0.05, 0.1) is 0 Å². The summed E-state index contributed by atoms with van der Waals surface area (Å²) in [6.07, 6.45) is 7.59. The molecule has 1 saturated carbocycles. The normalized spacial score (nSPS) is 31.8. The number of carbonyl (C=O) groups is 2. The Balaban J connectivity index is 2.15. The van der Waals surface area contributed by atoms with Gasteiger partial charge in [0, 0.05) is 18.5 Å². The van der Waals surface area contributed by atoms with Crippen LogP contribution in [-0.2, 0) is 9.59 Å². The highest BCUT2D eigenvalue weighted by atomic mass is 16.2. The minimum Gasteiger partial charge on any atom is -0.345 e. The summed E-state index contributed by atoms with van der Waals surface area (Å²) >= 11 is 0. The lowest BCUT2D eigenvalue weighted by Crippen LogP contribution is -2.49. The number of amides is 2. The SMILES string of the molecule is CC1NC(=O)CC(C)N(C2CCCCCC2)C1=O. The average molecular weight is 252 g/mol. The minimum atomic E-state index is -0.370. The molecule has 2 unspecified atom stereocenters. The molecule has 2 fully saturated rings. The Morgan fingerprint density at radius 1 is 1.06 bits per heavy atom. The summed E-state index contributed by atoms with van der Waals surface area (Å²) < 4.78 is 0. The van der Waals surface area contributed by atoms with Crippen LogP contribution in [0, 0.1) is 0 Å². The quantitative estimate of drug-likeness (QED) is 0.724. The predicted octanol–water partition coefficient (Wildman–Crippen LogP) is 1.83. The van der Waals surface area contributed by atoms with Crippen molar-refractivity contribution < 1.29 is 9.59 Å². The zero-order chi connectivity index (χ0) is 13.1. The van der Waals surface area contributed by atoms with Crippen molar-refractivity contribution in [3.8, 4) is 0 Å². The Labute approximate surface area is 109 Å². The van der Waals surface area contributed by atoms with Crippen LogP contribution < -0.4 is 5.32 Å². The van der Waals surface area contributed by atoms with Crippen LogP contribution in [0.3, 0.4) is 0 Å². The largest absolute Gasteiger partial charge is 0.345 e. The smallest absolute Gasteiger partial charge is 0.245 e. The van der Waals surface area contributed by atoms with Crippen LogP contribution in [0.2, 0.25) is 0 Å². The predicted molar refractivity (Wildman–Crippen MR) is 70.0 cm³/mol. The number of carbonyl (C=O) groups excluding carboxylic acids is 2. The molecule has 102 valence electrons. The third-order valence-corrected chi connectivity index (χ3v) is 4.18. The molecule has 1 N–H and O–H groups in total. The fourth-order valence-corrected chi connectivity index (χ4v) is 3.25. The first-order valence-corrected chi connectivity index (χ1v) is 7.21. The molecule has 0 spiro atoms. The molecule has 0 bridgehead atoms. The van der Waals surface area contributed by atoms with E-state index >= 15 is 0 Å². The number of rotatable bonds is 1. The average Bonchev–Trinajstić information content (AvgIpc) is 2.60. The highest BCUT2D eigenvalue weighted by Crippen LogP contribution is 2.26. The third kappa shape index (κ3) is 2.85. The molecule has 2 aliphatic rings. The maximum absolute atomic E-state index is 12.4. The van der Waals surface area contributed by atoms with Gasteiger partial charge in [0.2, 0.25) is 11.8 Å². The van der Waals surface area contributed by atoms with Gasteiger partial charge in [-0.25, -0.2) is 0 Å². The molecule has 2 amide bonds. The van der Waals surface area contributed by atoms with E-state index in [2.05, 4.69) is 5.32 Å². The van der Waals surface area contributed by atoms with Gasteiger partial charge in [-0.15, -0.1) is 0 Å². The third-order valence-electron chi connectivity index (χ3n) is 4.18. The minimum absolute atomic E-state index is 0.000489. The van der Waals surface area contributed by atoms with E-state index in [4.69, 9.17) is 0 Å². The Bertz CT molecular complexity index is 322. The Morgan fingerprint density at radius 2 is 1.67 bits per heavy atom. The molecule has 4 heteroatoms. The molecule has 2 rings (SSSR count). The number of nitrogens with zero attached hydrogens (tertiary/aromatic N) is 1. The monoisotopic (exact) mass is 252 g/mol. The summed E-state index contributed by atoms with van der Waals surface area (Å²) in [6.45, 7) is 3.79. The van der Waals surface area contributed by atoms with E-state index < -0.39 is 0 Å². The van der Waals surface area contributed by atoms with Crippen LogP contribution >= 0.6 is 0 Å². The molecule has 18 heavy (non-hydrogen) atoms. The van der Waals surface area contributed by atoms with E-state index in [1.165, 1.54) is 25.7 Å². The van der Waals surface area contributed by atoms with Crippen molar-refractivity contribution >= 4 is 11.8 Å². The second-order valence-electron chi connectivity index (χ2n) is 5.73. The number of nitrogens with one attached hydrogen (secondary N) is 1. The van der Waals surface area contributed by atoms with E-state index in [0.29, 0.717) is 12.5 Å². The zero-order valence-corrected chi connectivity index (χ0v) is 11.4. The number of hydrogen-bond acceptors (Lipinski definition) is 2.